The van der Waals surface area contributed by atoms with Crippen molar-refractivity contribution in [1.29, 1.82) is 0 Å². The van der Waals surface area contributed by atoms with Crippen molar-refractivity contribution in [3.8, 4) is 73.0 Å². The predicted molar refractivity (Wildman–Crippen MR) is 262 cm³/mol. The van der Waals surface area contributed by atoms with Gasteiger partial charge in [-0.3, -0.25) is 4.57 Å². The topological polar surface area (TPSA) is 30.7 Å². The summed E-state index contributed by atoms with van der Waals surface area (Å²) in [4.78, 5) is 10.7. The smallest absolute Gasteiger partial charge is 0.235 e. The van der Waals surface area contributed by atoms with Crippen LogP contribution in [0, 0.1) is 0 Å². The number of hydrogen-bond acceptors (Lipinski definition) is 3. The SMILES string of the molecule is c1ccc(-c2ccc(-c3cc(-c4ccc(-c5ccccc5)cc4)nc(-n4c5ccccc5c5cc(-c6cccc(-c7cccc8c7sc7ccccc78)c6)ccc54)n3)cc2)cc1. The zero-order valence-electron chi connectivity index (χ0n) is 33.6. The molecule has 0 fully saturated rings. The Bertz CT molecular complexity index is 3500. The molecule has 12 aromatic rings. The molecule has 0 aliphatic heterocycles. The van der Waals surface area contributed by atoms with Gasteiger partial charge < -0.3 is 0 Å². The molecule has 3 heterocycles. The molecule has 0 bridgehead atoms. The average molecular weight is 808 g/mol. The predicted octanol–water partition coefficient (Wildman–Crippen LogP) is 15.9. The van der Waals surface area contributed by atoms with E-state index in [2.05, 4.69) is 229 Å². The van der Waals surface area contributed by atoms with Crippen molar-refractivity contribution in [3.63, 3.8) is 0 Å². The average Bonchev–Trinajstić information content (AvgIpc) is 3.90. The summed E-state index contributed by atoms with van der Waals surface area (Å²) in [6.07, 6.45) is 0. The number of aromatic nitrogens is 3. The lowest BCUT2D eigenvalue weighted by molar-refractivity contribution is 0.995. The standard InChI is InChI=1S/C58H37N3S/c1-3-13-38(14-4-1)40-25-29-42(30-26-40)52-37-53(43-31-27-41(28-32-43)39-15-5-2-6-16-39)60-58(59-52)61-54-23-9-7-19-48(54)51-36-45(33-34-55(51)61)44-17-11-18-46(35-44)47-21-12-22-50-49-20-8-10-24-56(49)62-57(47)50/h1-37H. The Morgan fingerprint density at radius 2 is 0.790 bits per heavy atom. The van der Waals surface area contributed by atoms with Crippen LogP contribution in [0.1, 0.15) is 0 Å². The monoisotopic (exact) mass is 807 g/mol. The molecule has 0 amide bonds. The lowest BCUT2D eigenvalue weighted by atomic mass is 9.97. The van der Waals surface area contributed by atoms with E-state index in [9.17, 15) is 0 Å². The fourth-order valence-corrected chi connectivity index (χ4v) is 10.2. The molecule has 0 aliphatic carbocycles. The van der Waals surface area contributed by atoms with Gasteiger partial charge in [-0.2, -0.15) is 0 Å². The summed E-state index contributed by atoms with van der Waals surface area (Å²) in [5.41, 5.74) is 15.4. The van der Waals surface area contributed by atoms with Crippen molar-refractivity contribution in [2.75, 3.05) is 0 Å². The van der Waals surface area contributed by atoms with Crippen LogP contribution in [-0.4, -0.2) is 14.5 Å². The number of thiophene rings is 1. The Kier molecular flexibility index (Phi) is 8.68. The van der Waals surface area contributed by atoms with E-state index in [4.69, 9.17) is 9.97 Å². The third-order valence-electron chi connectivity index (χ3n) is 12.1. The van der Waals surface area contributed by atoms with Crippen molar-refractivity contribution in [2.45, 2.75) is 0 Å². The number of para-hydroxylation sites is 1. The van der Waals surface area contributed by atoms with E-state index in [1.54, 1.807) is 0 Å². The molecule has 3 aromatic heterocycles. The second kappa shape index (κ2) is 15.0. The van der Waals surface area contributed by atoms with E-state index in [1.807, 2.05) is 11.3 Å². The summed E-state index contributed by atoms with van der Waals surface area (Å²) < 4.78 is 4.87. The lowest BCUT2D eigenvalue weighted by Gasteiger charge is -2.13. The van der Waals surface area contributed by atoms with Crippen molar-refractivity contribution in [2.24, 2.45) is 0 Å². The maximum Gasteiger partial charge on any atom is 0.235 e. The molecule has 0 radical (unpaired) electrons. The minimum Gasteiger partial charge on any atom is -0.278 e. The molecule has 0 aliphatic rings. The summed E-state index contributed by atoms with van der Waals surface area (Å²) in [6, 6.07) is 80.3. The Morgan fingerprint density at radius 3 is 1.48 bits per heavy atom. The van der Waals surface area contributed by atoms with Gasteiger partial charge in [-0.25, -0.2) is 9.97 Å². The van der Waals surface area contributed by atoms with Gasteiger partial charge in [-0.1, -0.05) is 188 Å². The summed E-state index contributed by atoms with van der Waals surface area (Å²) in [5, 5.41) is 4.94. The Morgan fingerprint density at radius 1 is 0.306 bits per heavy atom. The van der Waals surface area contributed by atoms with Gasteiger partial charge in [0.05, 0.1) is 22.4 Å². The van der Waals surface area contributed by atoms with Gasteiger partial charge in [0, 0.05) is 42.1 Å². The normalized spacial score (nSPS) is 11.5. The minimum atomic E-state index is 0.633. The number of benzene rings is 9. The summed E-state index contributed by atoms with van der Waals surface area (Å²) in [6.45, 7) is 0. The molecule has 0 atom stereocenters. The number of hydrogen-bond donors (Lipinski definition) is 0. The van der Waals surface area contributed by atoms with Crippen LogP contribution in [0.2, 0.25) is 0 Å². The van der Waals surface area contributed by atoms with Crippen LogP contribution in [-0.2, 0) is 0 Å². The summed E-state index contributed by atoms with van der Waals surface area (Å²) >= 11 is 1.87. The number of fused-ring (bicyclic) bond motifs is 6. The molecule has 3 nitrogen and oxygen atoms in total. The molecular formula is C58H37N3S. The Hall–Kier alpha value is -7.92. The van der Waals surface area contributed by atoms with Crippen LogP contribution in [0.5, 0.6) is 0 Å². The molecule has 0 saturated carbocycles. The van der Waals surface area contributed by atoms with Crippen LogP contribution >= 0.6 is 11.3 Å². The van der Waals surface area contributed by atoms with Gasteiger partial charge in [0.1, 0.15) is 0 Å². The van der Waals surface area contributed by atoms with Crippen LogP contribution in [0.15, 0.2) is 224 Å². The van der Waals surface area contributed by atoms with E-state index in [0.29, 0.717) is 5.95 Å². The third kappa shape index (κ3) is 6.28. The summed E-state index contributed by atoms with van der Waals surface area (Å²) in [5.74, 6) is 0.633. The third-order valence-corrected chi connectivity index (χ3v) is 13.3. The molecule has 0 unspecified atom stereocenters. The highest BCUT2D eigenvalue weighted by Crippen LogP contribution is 2.41. The fourth-order valence-electron chi connectivity index (χ4n) is 8.97. The van der Waals surface area contributed by atoms with E-state index in [-0.39, 0.29) is 0 Å². The Balaban J connectivity index is 0.991. The van der Waals surface area contributed by atoms with Crippen molar-refractivity contribution in [3.05, 3.63) is 224 Å². The minimum absolute atomic E-state index is 0.633. The lowest BCUT2D eigenvalue weighted by Crippen LogP contribution is -2.04. The first-order valence-electron chi connectivity index (χ1n) is 21.0. The van der Waals surface area contributed by atoms with Gasteiger partial charge in [0.2, 0.25) is 5.95 Å². The molecule has 0 N–H and O–H groups in total. The van der Waals surface area contributed by atoms with E-state index >= 15 is 0 Å². The molecule has 4 heteroatoms. The van der Waals surface area contributed by atoms with E-state index < -0.39 is 0 Å². The molecule has 290 valence electrons. The van der Waals surface area contributed by atoms with Crippen LogP contribution in [0.3, 0.4) is 0 Å². The van der Waals surface area contributed by atoms with Crippen LogP contribution in [0.4, 0.5) is 0 Å². The first-order valence-corrected chi connectivity index (χ1v) is 21.8. The maximum atomic E-state index is 5.36. The summed E-state index contributed by atoms with van der Waals surface area (Å²) in [7, 11) is 0. The van der Waals surface area contributed by atoms with Gasteiger partial charge in [0.25, 0.3) is 0 Å². The highest BCUT2D eigenvalue weighted by Gasteiger charge is 2.19. The highest BCUT2D eigenvalue weighted by molar-refractivity contribution is 7.26. The highest BCUT2D eigenvalue weighted by atomic mass is 32.1. The molecule has 9 aromatic carbocycles. The van der Waals surface area contributed by atoms with Gasteiger partial charge in [-0.15, -0.1) is 11.3 Å². The molecule has 0 spiro atoms. The first-order chi connectivity index (χ1) is 30.7. The first kappa shape index (κ1) is 36.0. The van der Waals surface area contributed by atoms with Crippen LogP contribution < -0.4 is 0 Å². The van der Waals surface area contributed by atoms with Gasteiger partial charge in [0.15, 0.2) is 0 Å². The van der Waals surface area contributed by atoms with Crippen molar-refractivity contribution >= 4 is 53.3 Å². The Labute approximate surface area is 363 Å². The molecule has 0 saturated heterocycles. The molecular weight excluding hydrogens is 771 g/mol. The van der Waals surface area contributed by atoms with E-state index in [1.165, 1.54) is 59.1 Å². The fraction of sp³-hybridized carbons (Fsp3) is 0. The zero-order chi connectivity index (χ0) is 41.0. The molecule has 62 heavy (non-hydrogen) atoms. The molecule has 12 rings (SSSR count). The maximum absolute atomic E-state index is 5.36. The van der Waals surface area contributed by atoms with Crippen molar-refractivity contribution in [1.82, 2.24) is 14.5 Å². The largest absolute Gasteiger partial charge is 0.278 e. The number of nitrogens with zero attached hydrogens (tertiary/aromatic N) is 3. The van der Waals surface area contributed by atoms with Gasteiger partial charge in [-0.05, 0) is 80.9 Å². The second-order valence-corrected chi connectivity index (χ2v) is 16.8. The zero-order valence-corrected chi connectivity index (χ0v) is 34.4. The van der Waals surface area contributed by atoms with Crippen molar-refractivity contribution < 1.29 is 0 Å². The van der Waals surface area contributed by atoms with Crippen LogP contribution in [0.25, 0.3) is 115 Å². The quantitative estimate of drug-likeness (QED) is 0.161. The van der Waals surface area contributed by atoms with Gasteiger partial charge >= 0.3 is 0 Å². The number of rotatable bonds is 7. The second-order valence-electron chi connectivity index (χ2n) is 15.8. The van der Waals surface area contributed by atoms with E-state index in [0.717, 1.165) is 49.9 Å².